The van der Waals surface area contributed by atoms with E-state index in [9.17, 15) is 0 Å². The van der Waals surface area contributed by atoms with Crippen LogP contribution in [0.5, 0.6) is 0 Å². The number of aliphatic hydroxyl groups is 2. The molecule has 0 saturated heterocycles. The van der Waals surface area contributed by atoms with Crippen molar-refractivity contribution in [1.29, 1.82) is 0 Å². The standard InChI is InChI=1S/C10H20O3/c1-8-2-4-10(5-3-8)13-7-9(12)6-11/h8-12H,2-7H2,1H3/t8?,9-,10?/m0/s1. The molecule has 1 saturated carbocycles. The van der Waals surface area contributed by atoms with E-state index in [1.54, 1.807) is 0 Å². The topological polar surface area (TPSA) is 49.7 Å². The number of ether oxygens (including phenoxy) is 1. The Morgan fingerprint density at radius 1 is 1.31 bits per heavy atom. The molecule has 2 N–H and O–H groups in total. The predicted octanol–water partition coefficient (Wildman–Crippen LogP) is 0.935. The van der Waals surface area contributed by atoms with Gasteiger partial charge in [0.15, 0.2) is 0 Å². The average Bonchev–Trinajstić information content (AvgIpc) is 2.16. The van der Waals surface area contributed by atoms with E-state index < -0.39 is 6.10 Å². The van der Waals surface area contributed by atoms with E-state index in [0.717, 1.165) is 18.8 Å². The van der Waals surface area contributed by atoms with E-state index >= 15 is 0 Å². The van der Waals surface area contributed by atoms with E-state index in [4.69, 9.17) is 14.9 Å². The third-order valence-corrected chi connectivity index (χ3v) is 2.70. The van der Waals surface area contributed by atoms with Gasteiger partial charge in [0.25, 0.3) is 0 Å². The summed E-state index contributed by atoms with van der Waals surface area (Å²) in [7, 11) is 0. The Morgan fingerprint density at radius 3 is 2.46 bits per heavy atom. The smallest absolute Gasteiger partial charge is 0.100 e. The summed E-state index contributed by atoms with van der Waals surface area (Å²) < 4.78 is 5.47. The fourth-order valence-corrected chi connectivity index (χ4v) is 1.70. The summed E-state index contributed by atoms with van der Waals surface area (Å²) in [5, 5.41) is 17.6. The summed E-state index contributed by atoms with van der Waals surface area (Å²) in [5.74, 6) is 0.822. The summed E-state index contributed by atoms with van der Waals surface area (Å²) in [5.41, 5.74) is 0. The maximum Gasteiger partial charge on any atom is 0.100 e. The van der Waals surface area contributed by atoms with Crippen molar-refractivity contribution in [3.63, 3.8) is 0 Å². The monoisotopic (exact) mass is 188 g/mol. The van der Waals surface area contributed by atoms with E-state index in [1.807, 2.05) is 0 Å². The van der Waals surface area contributed by atoms with Gasteiger partial charge in [0, 0.05) is 0 Å². The molecule has 0 bridgehead atoms. The molecular formula is C10H20O3. The van der Waals surface area contributed by atoms with Gasteiger partial charge in [-0.05, 0) is 31.6 Å². The molecule has 0 aliphatic heterocycles. The molecule has 1 atom stereocenters. The number of hydrogen-bond acceptors (Lipinski definition) is 3. The van der Waals surface area contributed by atoms with Crippen molar-refractivity contribution in [3.05, 3.63) is 0 Å². The van der Waals surface area contributed by atoms with Crippen molar-refractivity contribution in [2.75, 3.05) is 13.2 Å². The molecule has 1 aliphatic carbocycles. The lowest BCUT2D eigenvalue weighted by molar-refractivity contribution is -0.0433. The van der Waals surface area contributed by atoms with Crippen LogP contribution >= 0.6 is 0 Å². The van der Waals surface area contributed by atoms with Crippen LogP contribution < -0.4 is 0 Å². The minimum atomic E-state index is -0.709. The van der Waals surface area contributed by atoms with Crippen LogP contribution in [0, 0.1) is 5.92 Å². The van der Waals surface area contributed by atoms with Gasteiger partial charge in [-0.3, -0.25) is 0 Å². The fourth-order valence-electron chi connectivity index (χ4n) is 1.70. The Hall–Kier alpha value is -0.120. The zero-order valence-electron chi connectivity index (χ0n) is 8.28. The number of rotatable bonds is 4. The van der Waals surface area contributed by atoms with Crippen molar-refractivity contribution >= 4 is 0 Å². The highest BCUT2D eigenvalue weighted by atomic mass is 16.5. The Labute approximate surface area is 79.7 Å². The molecule has 0 radical (unpaired) electrons. The van der Waals surface area contributed by atoms with Crippen LogP contribution in [0.3, 0.4) is 0 Å². The fraction of sp³-hybridized carbons (Fsp3) is 1.00. The van der Waals surface area contributed by atoms with Crippen molar-refractivity contribution in [3.8, 4) is 0 Å². The van der Waals surface area contributed by atoms with Crippen molar-refractivity contribution in [2.45, 2.75) is 44.8 Å². The number of aliphatic hydroxyl groups excluding tert-OH is 2. The molecule has 78 valence electrons. The summed E-state index contributed by atoms with van der Waals surface area (Å²) in [6.07, 6.45) is 4.23. The Morgan fingerprint density at radius 2 is 1.92 bits per heavy atom. The van der Waals surface area contributed by atoms with Gasteiger partial charge in [-0.15, -0.1) is 0 Å². The van der Waals surface area contributed by atoms with Crippen LogP contribution in [-0.4, -0.2) is 35.6 Å². The molecule has 1 fully saturated rings. The molecule has 0 aromatic heterocycles. The first-order valence-corrected chi connectivity index (χ1v) is 5.13. The van der Waals surface area contributed by atoms with Gasteiger partial charge in [0.05, 0.1) is 19.3 Å². The largest absolute Gasteiger partial charge is 0.394 e. The second kappa shape index (κ2) is 5.58. The van der Waals surface area contributed by atoms with Gasteiger partial charge in [-0.25, -0.2) is 0 Å². The highest BCUT2D eigenvalue weighted by Gasteiger charge is 2.19. The molecule has 0 aromatic carbocycles. The summed E-state index contributed by atoms with van der Waals surface area (Å²) in [6, 6.07) is 0. The molecule has 0 unspecified atom stereocenters. The van der Waals surface area contributed by atoms with Crippen LogP contribution in [0.2, 0.25) is 0 Å². The first-order chi connectivity index (χ1) is 6.22. The lowest BCUT2D eigenvalue weighted by Crippen LogP contribution is -2.27. The minimum Gasteiger partial charge on any atom is -0.394 e. The molecule has 1 aliphatic rings. The summed E-state index contributed by atoms with van der Waals surface area (Å²) in [4.78, 5) is 0. The maximum absolute atomic E-state index is 9.07. The van der Waals surface area contributed by atoms with Crippen LogP contribution in [0.4, 0.5) is 0 Å². The molecule has 13 heavy (non-hydrogen) atoms. The Bertz CT molecular complexity index is 130. The third kappa shape index (κ3) is 4.07. The van der Waals surface area contributed by atoms with Gasteiger partial charge in [-0.2, -0.15) is 0 Å². The lowest BCUT2D eigenvalue weighted by Gasteiger charge is -2.26. The van der Waals surface area contributed by atoms with Gasteiger partial charge in [0.1, 0.15) is 6.10 Å². The second-order valence-electron chi connectivity index (χ2n) is 4.05. The van der Waals surface area contributed by atoms with E-state index in [-0.39, 0.29) is 13.2 Å². The van der Waals surface area contributed by atoms with Gasteiger partial charge >= 0.3 is 0 Å². The summed E-state index contributed by atoms with van der Waals surface area (Å²) in [6.45, 7) is 2.33. The SMILES string of the molecule is CC1CCC(OC[C@@H](O)CO)CC1. The molecule has 0 heterocycles. The van der Waals surface area contributed by atoms with E-state index in [1.165, 1.54) is 12.8 Å². The zero-order valence-corrected chi connectivity index (χ0v) is 8.28. The van der Waals surface area contributed by atoms with Crippen LogP contribution in [0.15, 0.2) is 0 Å². The molecule has 0 aromatic rings. The molecule has 3 heteroatoms. The highest BCUT2D eigenvalue weighted by Crippen LogP contribution is 2.25. The molecule has 3 nitrogen and oxygen atoms in total. The molecule has 0 amide bonds. The van der Waals surface area contributed by atoms with Gasteiger partial charge in [0.2, 0.25) is 0 Å². The lowest BCUT2D eigenvalue weighted by atomic mass is 9.89. The van der Waals surface area contributed by atoms with E-state index in [0.29, 0.717) is 6.10 Å². The molecular weight excluding hydrogens is 168 g/mol. The maximum atomic E-state index is 9.07. The Balaban J connectivity index is 2.08. The second-order valence-corrected chi connectivity index (χ2v) is 4.05. The quantitative estimate of drug-likeness (QED) is 0.690. The number of hydrogen-bond donors (Lipinski definition) is 2. The normalized spacial score (nSPS) is 31.6. The van der Waals surface area contributed by atoms with Crippen LogP contribution in [-0.2, 0) is 4.74 Å². The highest BCUT2D eigenvalue weighted by molar-refractivity contribution is 4.70. The third-order valence-electron chi connectivity index (χ3n) is 2.70. The Kier molecular flexibility index (Phi) is 4.70. The zero-order chi connectivity index (χ0) is 9.68. The average molecular weight is 188 g/mol. The summed E-state index contributed by atoms with van der Waals surface area (Å²) >= 11 is 0. The van der Waals surface area contributed by atoms with Crippen molar-refractivity contribution in [2.24, 2.45) is 5.92 Å². The van der Waals surface area contributed by atoms with Crippen molar-refractivity contribution < 1.29 is 14.9 Å². The van der Waals surface area contributed by atoms with Crippen molar-refractivity contribution in [1.82, 2.24) is 0 Å². The van der Waals surface area contributed by atoms with Gasteiger partial charge < -0.3 is 14.9 Å². The predicted molar refractivity (Wildman–Crippen MR) is 50.5 cm³/mol. The van der Waals surface area contributed by atoms with Crippen LogP contribution in [0.25, 0.3) is 0 Å². The molecule has 0 spiro atoms. The first kappa shape index (κ1) is 11.0. The van der Waals surface area contributed by atoms with Crippen LogP contribution in [0.1, 0.15) is 32.6 Å². The molecule has 1 rings (SSSR count). The van der Waals surface area contributed by atoms with E-state index in [2.05, 4.69) is 6.92 Å². The van der Waals surface area contributed by atoms with Gasteiger partial charge in [-0.1, -0.05) is 6.92 Å². The minimum absolute atomic E-state index is 0.205. The first-order valence-electron chi connectivity index (χ1n) is 5.13.